The normalized spacial score (nSPS) is 18.4. The van der Waals surface area contributed by atoms with Crippen LogP contribution in [0, 0.1) is 13.8 Å². The van der Waals surface area contributed by atoms with Gasteiger partial charge in [0, 0.05) is 15.9 Å². The number of benzene rings is 1. The number of thiophene rings is 1. The zero-order valence-corrected chi connectivity index (χ0v) is 17.7. The molecule has 0 unspecified atom stereocenters. The predicted molar refractivity (Wildman–Crippen MR) is 108 cm³/mol. The molecule has 1 aromatic heterocycles. The van der Waals surface area contributed by atoms with E-state index in [2.05, 4.69) is 0 Å². The van der Waals surface area contributed by atoms with Crippen LogP contribution in [-0.4, -0.2) is 43.4 Å². The van der Waals surface area contributed by atoms with Gasteiger partial charge in [-0.25, -0.2) is 8.42 Å². The highest BCUT2D eigenvalue weighted by Gasteiger charge is 2.35. The first-order chi connectivity index (χ1) is 12.7. The Morgan fingerprint density at radius 3 is 2.67 bits per heavy atom. The Labute approximate surface area is 168 Å². The largest absolute Gasteiger partial charge is 0.484 e. The number of carbonyl (C=O) groups excluding carboxylic acids is 1. The lowest BCUT2D eigenvalue weighted by Crippen LogP contribution is -2.43. The van der Waals surface area contributed by atoms with Gasteiger partial charge < -0.3 is 9.64 Å². The lowest BCUT2D eigenvalue weighted by atomic mass is 10.2. The molecule has 0 saturated carbocycles. The van der Waals surface area contributed by atoms with Crippen LogP contribution in [0.15, 0.2) is 29.6 Å². The second kappa shape index (κ2) is 8.20. The van der Waals surface area contributed by atoms with Gasteiger partial charge in [-0.2, -0.15) is 0 Å². The molecule has 0 aliphatic carbocycles. The van der Waals surface area contributed by atoms with Crippen molar-refractivity contribution in [3.05, 3.63) is 50.7 Å². The Hall–Kier alpha value is -1.57. The highest BCUT2D eigenvalue weighted by Crippen LogP contribution is 2.25. The summed E-state index contributed by atoms with van der Waals surface area (Å²) in [6.45, 7) is 4.13. The SMILES string of the molecule is Cc1cc(OCC(=O)N(Cc2sccc2C)[C@@H]2CCS(=O)(=O)C2)ccc1Cl. The van der Waals surface area contributed by atoms with Crippen LogP contribution in [0.25, 0.3) is 0 Å². The van der Waals surface area contributed by atoms with Crippen molar-refractivity contribution in [2.45, 2.75) is 32.9 Å². The number of carbonyl (C=O) groups is 1. The van der Waals surface area contributed by atoms with Crippen LogP contribution in [0.5, 0.6) is 5.75 Å². The molecule has 1 aliphatic heterocycles. The van der Waals surface area contributed by atoms with Gasteiger partial charge in [-0.1, -0.05) is 11.6 Å². The fourth-order valence-electron chi connectivity index (χ4n) is 3.10. The summed E-state index contributed by atoms with van der Waals surface area (Å²) in [5.74, 6) is 0.500. The van der Waals surface area contributed by atoms with Crippen molar-refractivity contribution in [2.24, 2.45) is 0 Å². The van der Waals surface area contributed by atoms with E-state index >= 15 is 0 Å². The average Bonchev–Trinajstić information content (AvgIpc) is 3.18. The number of nitrogens with zero attached hydrogens (tertiary/aromatic N) is 1. The minimum absolute atomic E-state index is 0.0171. The van der Waals surface area contributed by atoms with Crippen LogP contribution in [0.3, 0.4) is 0 Å². The van der Waals surface area contributed by atoms with Gasteiger partial charge in [-0.3, -0.25) is 4.79 Å². The monoisotopic (exact) mass is 427 g/mol. The molecule has 1 aromatic carbocycles. The molecule has 2 aromatic rings. The third-order valence-electron chi connectivity index (χ3n) is 4.74. The van der Waals surface area contributed by atoms with Crippen LogP contribution in [0.1, 0.15) is 22.4 Å². The first-order valence-electron chi connectivity index (χ1n) is 8.67. The molecular formula is C19H22ClNO4S2. The molecule has 5 nitrogen and oxygen atoms in total. The van der Waals surface area contributed by atoms with Crippen LogP contribution in [-0.2, 0) is 21.2 Å². The standard InChI is InChI=1S/C19H22ClNO4S2/c1-13-5-7-26-18(13)10-21(15-6-8-27(23,24)12-15)19(22)11-25-16-3-4-17(20)14(2)9-16/h3-5,7,9,15H,6,8,10-12H2,1-2H3/t15-/m1/s1. The molecule has 27 heavy (non-hydrogen) atoms. The summed E-state index contributed by atoms with van der Waals surface area (Å²) in [6, 6.07) is 6.92. The molecule has 0 bridgehead atoms. The first kappa shape index (κ1) is 20.2. The van der Waals surface area contributed by atoms with Crippen molar-refractivity contribution in [1.29, 1.82) is 0 Å². The molecule has 8 heteroatoms. The zero-order valence-electron chi connectivity index (χ0n) is 15.3. The summed E-state index contributed by atoms with van der Waals surface area (Å²) in [6.07, 6.45) is 0.471. The minimum atomic E-state index is -3.09. The summed E-state index contributed by atoms with van der Waals surface area (Å²) in [5, 5.41) is 2.62. The molecule has 2 heterocycles. The van der Waals surface area contributed by atoms with E-state index in [0.29, 0.717) is 23.7 Å². The Kier molecular flexibility index (Phi) is 6.13. The molecular weight excluding hydrogens is 406 g/mol. The maximum absolute atomic E-state index is 12.9. The summed E-state index contributed by atoms with van der Waals surface area (Å²) in [7, 11) is -3.09. The number of rotatable bonds is 6. The number of aryl methyl sites for hydroxylation is 2. The predicted octanol–water partition coefficient (Wildman–Crippen LogP) is 3.61. The Morgan fingerprint density at radius 2 is 2.07 bits per heavy atom. The van der Waals surface area contributed by atoms with Gasteiger partial charge in [0.2, 0.25) is 0 Å². The number of hydrogen-bond acceptors (Lipinski definition) is 5. The first-order valence-corrected chi connectivity index (χ1v) is 11.7. The molecule has 0 N–H and O–H groups in total. The van der Waals surface area contributed by atoms with Gasteiger partial charge in [0.15, 0.2) is 16.4 Å². The van der Waals surface area contributed by atoms with E-state index in [-0.39, 0.29) is 30.1 Å². The minimum Gasteiger partial charge on any atom is -0.484 e. The fraction of sp³-hybridized carbons (Fsp3) is 0.421. The van der Waals surface area contributed by atoms with Crippen LogP contribution < -0.4 is 4.74 Å². The zero-order chi connectivity index (χ0) is 19.6. The second-order valence-corrected chi connectivity index (χ2v) is 10.4. The van der Waals surface area contributed by atoms with Crippen molar-refractivity contribution < 1.29 is 17.9 Å². The van der Waals surface area contributed by atoms with Crippen molar-refractivity contribution in [3.8, 4) is 5.75 Å². The Balaban J connectivity index is 1.73. The van der Waals surface area contributed by atoms with E-state index in [1.165, 1.54) is 0 Å². The number of halogens is 1. The lowest BCUT2D eigenvalue weighted by Gasteiger charge is -2.28. The van der Waals surface area contributed by atoms with Gasteiger partial charge in [-0.15, -0.1) is 11.3 Å². The maximum Gasteiger partial charge on any atom is 0.261 e. The summed E-state index contributed by atoms with van der Waals surface area (Å²) in [5.41, 5.74) is 1.97. The molecule has 0 spiro atoms. The third-order valence-corrected chi connectivity index (χ3v) is 7.93. The maximum atomic E-state index is 12.9. The van der Waals surface area contributed by atoms with Gasteiger partial charge >= 0.3 is 0 Å². The summed E-state index contributed by atoms with van der Waals surface area (Å²) >= 11 is 7.59. The molecule has 1 saturated heterocycles. The lowest BCUT2D eigenvalue weighted by molar-refractivity contribution is -0.135. The molecule has 1 fully saturated rings. The van der Waals surface area contributed by atoms with E-state index in [0.717, 1.165) is 16.0 Å². The smallest absolute Gasteiger partial charge is 0.261 e. The van der Waals surface area contributed by atoms with Gasteiger partial charge in [0.1, 0.15) is 5.75 Å². The quantitative estimate of drug-likeness (QED) is 0.706. The van der Waals surface area contributed by atoms with Crippen molar-refractivity contribution in [3.63, 3.8) is 0 Å². The van der Waals surface area contributed by atoms with E-state index in [9.17, 15) is 13.2 Å². The van der Waals surface area contributed by atoms with Crippen LogP contribution >= 0.6 is 22.9 Å². The fourth-order valence-corrected chi connectivity index (χ4v) is 5.85. The van der Waals surface area contributed by atoms with Crippen LogP contribution in [0.2, 0.25) is 5.02 Å². The van der Waals surface area contributed by atoms with E-state index < -0.39 is 9.84 Å². The average molecular weight is 428 g/mol. The molecule has 0 radical (unpaired) electrons. The number of hydrogen-bond donors (Lipinski definition) is 0. The van der Waals surface area contributed by atoms with E-state index in [4.69, 9.17) is 16.3 Å². The second-order valence-electron chi connectivity index (χ2n) is 6.80. The topological polar surface area (TPSA) is 63.7 Å². The number of sulfone groups is 1. The summed E-state index contributed by atoms with van der Waals surface area (Å²) in [4.78, 5) is 15.6. The van der Waals surface area contributed by atoms with Crippen molar-refractivity contribution in [2.75, 3.05) is 18.1 Å². The van der Waals surface area contributed by atoms with Gasteiger partial charge in [0.25, 0.3) is 5.91 Å². The molecule has 3 rings (SSSR count). The molecule has 146 valence electrons. The molecule has 1 aliphatic rings. The Morgan fingerprint density at radius 1 is 1.30 bits per heavy atom. The highest BCUT2D eigenvalue weighted by molar-refractivity contribution is 7.91. The highest BCUT2D eigenvalue weighted by atomic mass is 35.5. The number of ether oxygens (including phenoxy) is 1. The van der Waals surface area contributed by atoms with Gasteiger partial charge in [0.05, 0.1) is 18.1 Å². The van der Waals surface area contributed by atoms with Crippen LogP contribution in [0.4, 0.5) is 0 Å². The van der Waals surface area contributed by atoms with E-state index in [1.807, 2.05) is 25.3 Å². The third kappa shape index (κ3) is 5.03. The molecule has 1 amide bonds. The summed E-state index contributed by atoms with van der Waals surface area (Å²) < 4.78 is 29.5. The van der Waals surface area contributed by atoms with Crippen molar-refractivity contribution in [1.82, 2.24) is 4.90 Å². The van der Waals surface area contributed by atoms with Crippen molar-refractivity contribution >= 4 is 38.7 Å². The van der Waals surface area contributed by atoms with Gasteiger partial charge in [-0.05, 0) is 61.0 Å². The Bertz CT molecular complexity index is 939. The molecule has 1 atom stereocenters. The number of amides is 1. The van der Waals surface area contributed by atoms with E-state index in [1.54, 1.807) is 34.4 Å².